The van der Waals surface area contributed by atoms with E-state index in [1.54, 1.807) is 6.20 Å². The van der Waals surface area contributed by atoms with Gasteiger partial charge in [0.15, 0.2) is 0 Å². The number of ether oxygens (including phenoxy) is 1. The molecule has 94 valence electrons. The third-order valence-electron chi connectivity index (χ3n) is 3.06. The third-order valence-corrected chi connectivity index (χ3v) is 3.67. The molecule has 0 spiro atoms. The van der Waals surface area contributed by atoms with Crippen LogP contribution in [0.1, 0.15) is 12.8 Å². The molecule has 0 radical (unpaired) electrons. The van der Waals surface area contributed by atoms with Crippen molar-refractivity contribution >= 4 is 21.7 Å². The summed E-state index contributed by atoms with van der Waals surface area (Å²) in [5.41, 5.74) is -0.663. The van der Waals surface area contributed by atoms with E-state index in [4.69, 9.17) is 4.74 Å². The first-order valence-corrected chi connectivity index (χ1v) is 6.52. The highest BCUT2D eigenvalue weighted by atomic mass is 79.9. The van der Waals surface area contributed by atoms with E-state index in [9.17, 15) is 5.11 Å². The lowest BCUT2D eigenvalue weighted by molar-refractivity contribution is -0.0573. The maximum atomic E-state index is 10.4. The second-order valence-corrected chi connectivity index (χ2v) is 5.36. The summed E-state index contributed by atoms with van der Waals surface area (Å²) in [4.78, 5) is 6.29. The maximum Gasteiger partial charge on any atom is 0.142 e. The summed E-state index contributed by atoms with van der Waals surface area (Å²) in [6.45, 7) is 1.84. The Kier molecular flexibility index (Phi) is 4.01. The molecule has 2 rings (SSSR count). The number of aromatic nitrogens is 1. The van der Waals surface area contributed by atoms with Crippen molar-refractivity contribution in [1.82, 2.24) is 4.98 Å². The Labute approximate surface area is 110 Å². The van der Waals surface area contributed by atoms with Gasteiger partial charge in [0, 0.05) is 45.8 Å². The van der Waals surface area contributed by atoms with Crippen LogP contribution in [0.5, 0.6) is 0 Å². The summed E-state index contributed by atoms with van der Waals surface area (Å²) in [5, 5.41) is 10.4. The molecule has 2 heterocycles. The molecule has 1 fully saturated rings. The van der Waals surface area contributed by atoms with Crippen LogP contribution in [0.25, 0.3) is 0 Å². The van der Waals surface area contributed by atoms with Gasteiger partial charge in [0.1, 0.15) is 5.82 Å². The lowest BCUT2D eigenvalue weighted by Crippen LogP contribution is -2.46. The van der Waals surface area contributed by atoms with Crippen molar-refractivity contribution in [3.8, 4) is 0 Å². The minimum atomic E-state index is -0.663. The topological polar surface area (TPSA) is 45.6 Å². The van der Waals surface area contributed by atoms with Crippen LogP contribution in [0.15, 0.2) is 22.8 Å². The second-order valence-electron chi connectivity index (χ2n) is 4.50. The number of hydrogen-bond donors (Lipinski definition) is 1. The van der Waals surface area contributed by atoms with E-state index in [1.165, 1.54) is 0 Å². The first kappa shape index (κ1) is 12.8. The quantitative estimate of drug-likeness (QED) is 0.925. The highest BCUT2D eigenvalue weighted by Gasteiger charge is 2.31. The van der Waals surface area contributed by atoms with Gasteiger partial charge in [0.2, 0.25) is 0 Å². The molecular formula is C12H17BrN2O2. The van der Waals surface area contributed by atoms with Gasteiger partial charge < -0.3 is 14.7 Å². The van der Waals surface area contributed by atoms with Crippen LogP contribution in [0.3, 0.4) is 0 Å². The molecular weight excluding hydrogens is 284 g/mol. The predicted molar refractivity (Wildman–Crippen MR) is 70.2 cm³/mol. The number of rotatable bonds is 3. The predicted octanol–water partition coefficient (Wildman–Crippen LogP) is 1.82. The molecule has 0 saturated carbocycles. The minimum absolute atomic E-state index is 0.575. The van der Waals surface area contributed by atoms with Crippen LogP contribution in [-0.2, 0) is 4.74 Å². The van der Waals surface area contributed by atoms with Gasteiger partial charge in [-0.2, -0.15) is 0 Å². The minimum Gasteiger partial charge on any atom is -0.388 e. The van der Waals surface area contributed by atoms with Gasteiger partial charge in [-0.05, 0) is 28.1 Å². The van der Waals surface area contributed by atoms with Crippen molar-refractivity contribution in [3.63, 3.8) is 0 Å². The Hall–Kier alpha value is -0.650. The first-order valence-electron chi connectivity index (χ1n) is 5.72. The van der Waals surface area contributed by atoms with Crippen molar-refractivity contribution in [2.24, 2.45) is 0 Å². The van der Waals surface area contributed by atoms with Gasteiger partial charge in [-0.3, -0.25) is 0 Å². The number of hydrogen-bond acceptors (Lipinski definition) is 4. The summed E-state index contributed by atoms with van der Waals surface area (Å²) in [6, 6.07) is 3.83. The first-order chi connectivity index (χ1) is 8.11. The molecule has 0 bridgehead atoms. The second kappa shape index (κ2) is 5.33. The normalized spacial score (nSPS) is 19.0. The zero-order valence-corrected chi connectivity index (χ0v) is 11.5. The van der Waals surface area contributed by atoms with Crippen LogP contribution in [0, 0.1) is 0 Å². The zero-order valence-electron chi connectivity index (χ0n) is 9.90. The molecule has 1 aliphatic rings. The summed E-state index contributed by atoms with van der Waals surface area (Å²) in [7, 11) is 1.94. The fourth-order valence-electron chi connectivity index (χ4n) is 2.08. The highest BCUT2D eigenvalue weighted by molar-refractivity contribution is 9.10. The molecule has 1 aromatic rings. The fraction of sp³-hybridized carbons (Fsp3) is 0.583. The number of aliphatic hydroxyl groups is 1. The average Bonchev–Trinajstić information content (AvgIpc) is 2.29. The Bertz CT molecular complexity index is 381. The van der Waals surface area contributed by atoms with E-state index < -0.39 is 5.60 Å². The molecule has 4 nitrogen and oxygen atoms in total. The van der Waals surface area contributed by atoms with E-state index in [1.807, 2.05) is 24.1 Å². The molecule has 0 atom stereocenters. The largest absolute Gasteiger partial charge is 0.388 e. The lowest BCUT2D eigenvalue weighted by Gasteiger charge is -2.36. The molecule has 1 saturated heterocycles. The fourth-order valence-corrected chi connectivity index (χ4v) is 2.64. The van der Waals surface area contributed by atoms with E-state index >= 15 is 0 Å². The number of likely N-dealkylation sites (N-methyl/N-ethyl adjacent to an activating group) is 1. The van der Waals surface area contributed by atoms with Crippen LogP contribution in [0.4, 0.5) is 5.82 Å². The Morgan fingerprint density at radius 1 is 1.53 bits per heavy atom. The standard InChI is InChI=1S/C12H17BrN2O2/c1-15(11-10(13)3-2-6-14-11)9-12(16)4-7-17-8-5-12/h2-3,6,16H,4-5,7-9H2,1H3. The van der Waals surface area contributed by atoms with E-state index in [0.717, 1.165) is 10.3 Å². The molecule has 0 unspecified atom stereocenters. The van der Waals surface area contributed by atoms with Crippen LogP contribution >= 0.6 is 15.9 Å². The molecule has 0 aromatic carbocycles. The average molecular weight is 301 g/mol. The van der Waals surface area contributed by atoms with Crippen LogP contribution in [-0.4, -0.2) is 42.5 Å². The summed E-state index contributed by atoms with van der Waals surface area (Å²) in [5.74, 6) is 0.854. The van der Waals surface area contributed by atoms with Crippen molar-refractivity contribution in [2.45, 2.75) is 18.4 Å². The van der Waals surface area contributed by atoms with Gasteiger partial charge >= 0.3 is 0 Å². The van der Waals surface area contributed by atoms with Crippen LogP contribution in [0.2, 0.25) is 0 Å². The summed E-state index contributed by atoms with van der Waals surface area (Å²) < 4.78 is 6.22. The monoisotopic (exact) mass is 300 g/mol. The Morgan fingerprint density at radius 3 is 2.88 bits per heavy atom. The molecule has 1 aromatic heterocycles. The summed E-state index contributed by atoms with van der Waals surface area (Å²) in [6.07, 6.45) is 3.12. The SMILES string of the molecule is CN(CC1(O)CCOCC1)c1ncccc1Br. The maximum absolute atomic E-state index is 10.4. The molecule has 1 aliphatic heterocycles. The molecule has 5 heteroatoms. The highest BCUT2D eigenvalue weighted by Crippen LogP contribution is 2.26. The van der Waals surface area contributed by atoms with Gasteiger partial charge in [0.25, 0.3) is 0 Å². The smallest absolute Gasteiger partial charge is 0.142 e. The van der Waals surface area contributed by atoms with Gasteiger partial charge in [0.05, 0.1) is 10.1 Å². The van der Waals surface area contributed by atoms with E-state index in [0.29, 0.717) is 32.6 Å². The van der Waals surface area contributed by atoms with E-state index in [2.05, 4.69) is 20.9 Å². The van der Waals surface area contributed by atoms with Gasteiger partial charge in [-0.25, -0.2) is 4.98 Å². The lowest BCUT2D eigenvalue weighted by atomic mass is 9.94. The number of pyridine rings is 1. The van der Waals surface area contributed by atoms with Gasteiger partial charge in [-0.15, -0.1) is 0 Å². The van der Waals surface area contributed by atoms with Crippen molar-refractivity contribution < 1.29 is 9.84 Å². The van der Waals surface area contributed by atoms with Crippen molar-refractivity contribution in [1.29, 1.82) is 0 Å². The van der Waals surface area contributed by atoms with Crippen molar-refractivity contribution in [3.05, 3.63) is 22.8 Å². The molecule has 17 heavy (non-hydrogen) atoms. The third kappa shape index (κ3) is 3.18. The van der Waals surface area contributed by atoms with Crippen LogP contribution < -0.4 is 4.90 Å². The molecule has 1 N–H and O–H groups in total. The summed E-state index contributed by atoms with van der Waals surface area (Å²) >= 11 is 3.47. The van der Waals surface area contributed by atoms with Crippen molar-refractivity contribution in [2.75, 3.05) is 31.7 Å². The van der Waals surface area contributed by atoms with Gasteiger partial charge in [-0.1, -0.05) is 0 Å². The molecule has 0 amide bonds. The number of nitrogens with zero attached hydrogens (tertiary/aromatic N) is 2. The molecule has 0 aliphatic carbocycles. The number of halogens is 1. The Morgan fingerprint density at radius 2 is 2.24 bits per heavy atom. The zero-order chi connectivity index (χ0) is 12.3. The van der Waals surface area contributed by atoms with E-state index in [-0.39, 0.29) is 0 Å². The Balaban J connectivity index is 2.06. The number of anilines is 1.